The number of ether oxygens (including phenoxy) is 1. The first-order chi connectivity index (χ1) is 17.4. The van der Waals surface area contributed by atoms with E-state index in [1.165, 1.54) is 10.6 Å². The van der Waals surface area contributed by atoms with Gasteiger partial charge >= 0.3 is 6.03 Å². The predicted octanol–water partition coefficient (Wildman–Crippen LogP) is 1.46. The second-order valence-corrected chi connectivity index (χ2v) is 10.3. The first kappa shape index (κ1) is 25.1. The SMILES string of the molecule is CN1C(=O)C2C(N=C(N3CCOCC3)N2CCCCN2CCN(c3cccc(Cl)c3)CC2)N(C)C1=O. The fraction of sp³-hybridized carbons (Fsp3) is 0.640. The summed E-state index contributed by atoms with van der Waals surface area (Å²) in [5.74, 6) is 0.652. The molecule has 0 radical (unpaired) electrons. The monoisotopic (exact) mass is 517 g/mol. The fourth-order valence-corrected chi connectivity index (χ4v) is 5.72. The number of morpholine rings is 1. The fourth-order valence-electron chi connectivity index (χ4n) is 5.54. The zero-order chi connectivity index (χ0) is 25.2. The van der Waals surface area contributed by atoms with E-state index in [4.69, 9.17) is 21.3 Å². The van der Waals surface area contributed by atoms with Crippen LogP contribution < -0.4 is 4.90 Å². The minimum atomic E-state index is -0.474. The lowest BCUT2D eigenvalue weighted by Gasteiger charge is -2.41. The zero-order valence-electron chi connectivity index (χ0n) is 21.2. The van der Waals surface area contributed by atoms with Crippen LogP contribution in [0.5, 0.6) is 0 Å². The van der Waals surface area contributed by atoms with Gasteiger partial charge in [0.25, 0.3) is 5.91 Å². The smallest absolute Gasteiger partial charge is 0.328 e. The van der Waals surface area contributed by atoms with E-state index in [-0.39, 0.29) is 11.9 Å². The van der Waals surface area contributed by atoms with Crippen molar-refractivity contribution in [3.63, 3.8) is 0 Å². The third-order valence-corrected chi connectivity index (χ3v) is 7.89. The largest absolute Gasteiger partial charge is 0.378 e. The second-order valence-electron chi connectivity index (χ2n) is 9.89. The summed E-state index contributed by atoms with van der Waals surface area (Å²) in [5.41, 5.74) is 1.19. The summed E-state index contributed by atoms with van der Waals surface area (Å²) in [5, 5.41) is 0.775. The van der Waals surface area contributed by atoms with Gasteiger partial charge in [0.15, 0.2) is 18.2 Å². The van der Waals surface area contributed by atoms with Crippen molar-refractivity contribution in [2.75, 3.05) is 84.6 Å². The number of guanidine groups is 1. The molecule has 1 aromatic carbocycles. The van der Waals surface area contributed by atoms with Crippen LogP contribution >= 0.6 is 11.6 Å². The van der Waals surface area contributed by atoms with Gasteiger partial charge < -0.3 is 24.3 Å². The topological polar surface area (TPSA) is 75.2 Å². The van der Waals surface area contributed by atoms with E-state index in [2.05, 4.69) is 25.7 Å². The summed E-state index contributed by atoms with van der Waals surface area (Å²) in [6.07, 6.45) is 1.52. The van der Waals surface area contributed by atoms with E-state index < -0.39 is 12.2 Å². The number of amides is 3. The predicted molar refractivity (Wildman–Crippen MR) is 139 cm³/mol. The molecule has 2 unspecified atom stereocenters. The van der Waals surface area contributed by atoms with Gasteiger partial charge in [-0.1, -0.05) is 17.7 Å². The number of halogens is 1. The number of nitrogens with zero attached hydrogens (tertiary/aromatic N) is 7. The number of fused-ring (bicyclic) bond motifs is 1. The second kappa shape index (κ2) is 10.8. The number of aliphatic imine (C=N–C) groups is 1. The summed E-state index contributed by atoms with van der Waals surface area (Å²) in [7, 11) is 3.29. The zero-order valence-corrected chi connectivity index (χ0v) is 21.9. The molecule has 10 nitrogen and oxygen atoms in total. The number of piperazine rings is 1. The molecular weight excluding hydrogens is 482 g/mol. The molecule has 0 aliphatic carbocycles. The van der Waals surface area contributed by atoms with Gasteiger partial charge in [0.1, 0.15) is 0 Å². The van der Waals surface area contributed by atoms with Crippen LogP contribution in [-0.4, -0.2) is 134 Å². The van der Waals surface area contributed by atoms with Crippen LogP contribution in [0.4, 0.5) is 10.5 Å². The number of carbonyl (C=O) groups is 2. The average Bonchev–Trinajstić information content (AvgIpc) is 3.29. The lowest BCUT2D eigenvalue weighted by molar-refractivity contribution is -0.136. The summed E-state index contributed by atoms with van der Waals surface area (Å²) in [6, 6.07) is 7.30. The number of carbonyl (C=O) groups excluding carboxylic acids is 2. The highest BCUT2D eigenvalue weighted by Crippen LogP contribution is 2.29. The van der Waals surface area contributed by atoms with E-state index in [1.807, 2.05) is 18.2 Å². The number of likely N-dealkylation sites (N-methyl/N-ethyl adjacent to an activating group) is 2. The molecule has 3 fully saturated rings. The Morgan fingerprint density at radius 1 is 0.972 bits per heavy atom. The molecule has 2 atom stereocenters. The number of unbranched alkanes of at least 4 members (excludes halogenated alkanes) is 1. The van der Waals surface area contributed by atoms with Crippen molar-refractivity contribution >= 4 is 35.2 Å². The number of urea groups is 1. The van der Waals surface area contributed by atoms with Crippen molar-refractivity contribution in [3.8, 4) is 0 Å². The normalized spacial score (nSPS) is 25.5. The summed E-state index contributed by atoms with van der Waals surface area (Å²) >= 11 is 6.16. The van der Waals surface area contributed by atoms with Crippen LogP contribution in [0, 0.1) is 0 Å². The van der Waals surface area contributed by atoms with Crippen LogP contribution in [0.25, 0.3) is 0 Å². The van der Waals surface area contributed by atoms with E-state index in [1.54, 1.807) is 19.0 Å². The first-order valence-electron chi connectivity index (χ1n) is 12.9. The van der Waals surface area contributed by atoms with Gasteiger partial charge in [-0.3, -0.25) is 14.6 Å². The average molecular weight is 518 g/mol. The van der Waals surface area contributed by atoms with Crippen LogP contribution in [0.15, 0.2) is 29.3 Å². The Bertz CT molecular complexity index is 994. The molecule has 4 aliphatic heterocycles. The van der Waals surface area contributed by atoms with E-state index >= 15 is 0 Å². The quantitative estimate of drug-likeness (QED) is 0.529. The number of anilines is 1. The Kier molecular flexibility index (Phi) is 7.55. The number of imide groups is 1. The maximum absolute atomic E-state index is 13.1. The molecule has 4 heterocycles. The van der Waals surface area contributed by atoms with Crippen LogP contribution in [-0.2, 0) is 9.53 Å². The number of benzene rings is 1. The Hall–Kier alpha value is -2.56. The minimum Gasteiger partial charge on any atom is -0.378 e. The molecule has 3 saturated heterocycles. The molecule has 0 saturated carbocycles. The summed E-state index contributed by atoms with van der Waals surface area (Å²) < 4.78 is 5.53. The molecule has 196 valence electrons. The summed E-state index contributed by atoms with van der Waals surface area (Å²) in [4.78, 5) is 42.6. The molecule has 0 spiro atoms. The van der Waals surface area contributed by atoms with Crippen molar-refractivity contribution in [1.82, 2.24) is 24.5 Å². The van der Waals surface area contributed by atoms with Crippen molar-refractivity contribution in [2.45, 2.75) is 25.0 Å². The number of rotatable bonds is 6. The van der Waals surface area contributed by atoms with Gasteiger partial charge in [0.05, 0.1) is 13.2 Å². The molecule has 0 bridgehead atoms. The molecule has 0 aromatic heterocycles. The third kappa shape index (κ3) is 4.99. The highest BCUT2D eigenvalue weighted by Gasteiger charge is 2.51. The van der Waals surface area contributed by atoms with E-state index in [0.717, 1.165) is 76.2 Å². The maximum Gasteiger partial charge on any atom is 0.328 e. The Labute approximate surface area is 218 Å². The van der Waals surface area contributed by atoms with Crippen LogP contribution in [0.2, 0.25) is 5.02 Å². The Morgan fingerprint density at radius 3 is 2.42 bits per heavy atom. The van der Waals surface area contributed by atoms with Gasteiger partial charge in [-0.25, -0.2) is 9.79 Å². The number of hydrogen-bond donors (Lipinski definition) is 0. The Balaban J connectivity index is 1.16. The molecule has 36 heavy (non-hydrogen) atoms. The first-order valence-corrected chi connectivity index (χ1v) is 13.3. The third-order valence-electron chi connectivity index (χ3n) is 7.65. The molecule has 5 rings (SSSR count). The number of hydrogen-bond acceptors (Lipinski definition) is 8. The molecule has 3 amide bonds. The molecule has 4 aliphatic rings. The van der Waals surface area contributed by atoms with Gasteiger partial charge in [-0.2, -0.15) is 0 Å². The maximum atomic E-state index is 13.1. The standard InChI is InChI=1S/C25H36ClN7O3/c1-28-22-21(23(34)29(2)25(28)35)33(24(27-22)32-14-16-36-17-15-32)9-4-3-8-30-10-12-31(13-11-30)20-7-5-6-19(26)18-20/h5-7,18,21-22H,3-4,8-17H2,1-2H3. The van der Waals surface area contributed by atoms with Gasteiger partial charge in [-0.05, 0) is 37.6 Å². The molecule has 11 heteroatoms. The van der Waals surface area contributed by atoms with Crippen molar-refractivity contribution in [1.29, 1.82) is 0 Å². The minimum absolute atomic E-state index is 0.174. The Morgan fingerprint density at radius 2 is 1.69 bits per heavy atom. The molecule has 0 N–H and O–H groups in total. The van der Waals surface area contributed by atoms with Crippen LogP contribution in [0.3, 0.4) is 0 Å². The summed E-state index contributed by atoms with van der Waals surface area (Å²) in [6.45, 7) is 8.58. The van der Waals surface area contributed by atoms with Crippen molar-refractivity contribution in [2.24, 2.45) is 4.99 Å². The van der Waals surface area contributed by atoms with Crippen LogP contribution in [0.1, 0.15) is 12.8 Å². The van der Waals surface area contributed by atoms with E-state index in [9.17, 15) is 9.59 Å². The van der Waals surface area contributed by atoms with Crippen molar-refractivity contribution in [3.05, 3.63) is 29.3 Å². The molecular formula is C25H36ClN7O3. The van der Waals surface area contributed by atoms with Gasteiger partial charge in [0, 0.05) is 70.6 Å². The highest BCUT2D eigenvalue weighted by atomic mass is 35.5. The molecule has 1 aromatic rings. The lowest BCUT2D eigenvalue weighted by atomic mass is 10.1. The lowest BCUT2D eigenvalue weighted by Crippen LogP contribution is -2.64. The highest BCUT2D eigenvalue weighted by molar-refractivity contribution is 6.30. The van der Waals surface area contributed by atoms with Gasteiger partial charge in [-0.15, -0.1) is 0 Å². The van der Waals surface area contributed by atoms with Gasteiger partial charge in [0.2, 0.25) is 0 Å². The van der Waals surface area contributed by atoms with Crippen molar-refractivity contribution < 1.29 is 14.3 Å². The van der Waals surface area contributed by atoms with E-state index in [0.29, 0.717) is 13.2 Å².